The average molecular weight is 254 g/mol. The first-order chi connectivity index (χ1) is 8.48. The third-order valence-corrected chi connectivity index (χ3v) is 2.26. The predicted octanol–water partition coefficient (Wildman–Crippen LogP) is 4.20. The Morgan fingerprint density at radius 2 is 1.56 bits per heavy atom. The van der Waals surface area contributed by atoms with Crippen molar-refractivity contribution >= 4 is 0 Å². The number of hydrogen-bond donors (Lipinski definition) is 1. The van der Waals surface area contributed by atoms with Crippen molar-refractivity contribution in [1.29, 1.82) is 0 Å². The van der Waals surface area contributed by atoms with Crippen LogP contribution in [0.1, 0.15) is 5.56 Å². The zero-order valence-electron chi connectivity index (χ0n) is 9.11. The molecule has 18 heavy (non-hydrogen) atoms. The number of halogens is 3. The molecule has 0 heterocycles. The highest BCUT2D eigenvalue weighted by atomic mass is 19.4. The van der Waals surface area contributed by atoms with E-state index in [1.165, 1.54) is 12.1 Å². The summed E-state index contributed by atoms with van der Waals surface area (Å²) in [6.45, 7) is 0. The molecule has 0 aliphatic rings. The van der Waals surface area contributed by atoms with E-state index in [0.29, 0.717) is 0 Å². The Morgan fingerprint density at radius 1 is 0.889 bits per heavy atom. The average Bonchev–Trinajstić information content (AvgIpc) is 2.32. The minimum atomic E-state index is -4.58. The third-order valence-electron chi connectivity index (χ3n) is 2.26. The highest BCUT2D eigenvalue weighted by molar-refractivity contribution is 5.49. The van der Waals surface area contributed by atoms with Crippen LogP contribution in [0.4, 0.5) is 13.2 Å². The van der Waals surface area contributed by atoms with E-state index in [2.05, 4.69) is 0 Å². The van der Waals surface area contributed by atoms with Crippen LogP contribution in [-0.4, -0.2) is 5.11 Å². The van der Waals surface area contributed by atoms with E-state index in [4.69, 9.17) is 4.74 Å². The first-order valence-electron chi connectivity index (χ1n) is 5.10. The van der Waals surface area contributed by atoms with E-state index in [-0.39, 0.29) is 5.75 Å². The van der Waals surface area contributed by atoms with Gasteiger partial charge in [0.15, 0.2) is 11.5 Å². The molecule has 2 aromatic rings. The summed E-state index contributed by atoms with van der Waals surface area (Å²) in [5, 5.41) is 9.49. The van der Waals surface area contributed by atoms with Gasteiger partial charge < -0.3 is 9.84 Å². The van der Waals surface area contributed by atoms with Gasteiger partial charge in [-0.3, -0.25) is 0 Å². The second-order valence-corrected chi connectivity index (χ2v) is 3.57. The van der Waals surface area contributed by atoms with Gasteiger partial charge in [0, 0.05) is 0 Å². The number of para-hydroxylation sites is 2. The van der Waals surface area contributed by atoms with Crippen LogP contribution < -0.4 is 4.74 Å². The van der Waals surface area contributed by atoms with Crippen molar-refractivity contribution in [3.63, 3.8) is 0 Å². The Bertz CT molecular complexity index is 536. The lowest BCUT2D eigenvalue weighted by molar-refractivity contribution is -0.138. The smallest absolute Gasteiger partial charge is 0.420 e. The van der Waals surface area contributed by atoms with E-state index in [9.17, 15) is 18.3 Å². The van der Waals surface area contributed by atoms with Crippen molar-refractivity contribution < 1.29 is 23.0 Å². The zero-order chi connectivity index (χ0) is 13.2. The molecule has 0 saturated heterocycles. The monoisotopic (exact) mass is 254 g/mol. The second kappa shape index (κ2) is 4.60. The summed E-state index contributed by atoms with van der Waals surface area (Å²) in [5.41, 5.74) is -1.01. The Labute approximate surface area is 101 Å². The maximum absolute atomic E-state index is 12.7. The van der Waals surface area contributed by atoms with Gasteiger partial charge >= 0.3 is 6.18 Å². The number of phenols is 1. The molecule has 0 unspecified atom stereocenters. The van der Waals surface area contributed by atoms with Gasteiger partial charge in [-0.05, 0) is 24.3 Å². The van der Waals surface area contributed by atoms with Crippen LogP contribution in [0.15, 0.2) is 48.5 Å². The van der Waals surface area contributed by atoms with Crippen molar-refractivity contribution in [2.24, 2.45) is 0 Å². The summed E-state index contributed by atoms with van der Waals surface area (Å²) in [5.74, 6) is -0.908. The second-order valence-electron chi connectivity index (χ2n) is 3.57. The molecule has 0 spiro atoms. The molecule has 0 aromatic heterocycles. The first-order valence-corrected chi connectivity index (χ1v) is 5.10. The van der Waals surface area contributed by atoms with Crippen LogP contribution in [0, 0.1) is 0 Å². The Balaban J connectivity index is 2.44. The standard InChI is InChI=1S/C13H9F3O2/c14-13(15,16)10-7-4-8-11(17)12(10)18-9-5-2-1-3-6-9/h1-8,17H. The number of phenolic OH excluding ortho intramolecular Hbond substituents is 1. The molecule has 0 fully saturated rings. The Morgan fingerprint density at radius 3 is 2.17 bits per heavy atom. The summed E-state index contributed by atoms with van der Waals surface area (Å²) in [6.07, 6.45) is -4.58. The predicted molar refractivity (Wildman–Crippen MR) is 59.6 cm³/mol. The minimum Gasteiger partial charge on any atom is -0.504 e. The molecule has 5 heteroatoms. The molecule has 1 N–H and O–H groups in total. The maximum atomic E-state index is 12.7. The van der Waals surface area contributed by atoms with Crippen LogP contribution in [-0.2, 0) is 6.18 Å². The molecule has 0 atom stereocenters. The van der Waals surface area contributed by atoms with E-state index in [0.717, 1.165) is 18.2 Å². The van der Waals surface area contributed by atoms with Crippen LogP contribution in [0.5, 0.6) is 17.2 Å². The fourth-order valence-corrected chi connectivity index (χ4v) is 1.46. The van der Waals surface area contributed by atoms with Crippen LogP contribution in [0.2, 0.25) is 0 Å². The maximum Gasteiger partial charge on any atom is 0.420 e. The summed E-state index contributed by atoms with van der Waals surface area (Å²) in [6, 6.07) is 11.1. The van der Waals surface area contributed by atoms with Gasteiger partial charge in [-0.25, -0.2) is 0 Å². The zero-order valence-corrected chi connectivity index (χ0v) is 9.11. The van der Waals surface area contributed by atoms with E-state index < -0.39 is 23.2 Å². The van der Waals surface area contributed by atoms with Gasteiger partial charge in [-0.1, -0.05) is 24.3 Å². The van der Waals surface area contributed by atoms with E-state index >= 15 is 0 Å². The normalized spacial score (nSPS) is 11.3. The van der Waals surface area contributed by atoms with Gasteiger partial charge in [0.05, 0.1) is 0 Å². The fourth-order valence-electron chi connectivity index (χ4n) is 1.46. The van der Waals surface area contributed by atoms with Crippen molar-refractivity contribution in [2.45, 2.75) is 6.18 Å². The van der Waals surface area contributed by atoms with E-state index in [1.807, 2.05) is 0 Å². The Hall–Kier alpha value is -2.17. The van der Waals surface area contributed by atoms with Gasteiger partial charge in [0.1, 0.15) is 11.3 Å². The molecule has 2 aromatic carbocycles. The number of alkyl halides is 3. The molecule has 2 rings (SSSR count). The number of hydrogen-bond acceptors (Lipinski definition) is 2. The molecule has 0 radical (unpaired) electrons. The molecule has 0 amide bonds. The quantitative estimate of drug-likeness (QED) is 0.870. The third kappa shape index (κ3) is 2.56. The largest absolute Gasteiger partial charge is 0.504 e. The number of aromatic hydroxyl groups is 1. The van der Waals surface area contributed by atoms with E-state index in [1.54, 1.807) is 18.2 Å². The Kier molecular flexibility index (Phi) is 3.14. The van der Waals surface area contributed by atoms with Gasteiger partial charge in [0.25, 0.3) is 0 Å². The number of benzene rings is 2. The first kappa shape index (κ1) is 12.3. The number of ether oxygens (including phenoxy) is 1. The number of rotatable bonds is 2. The lowest BCUT2D eigenvalue weighted by Gasteiger charge is -2.14. The molecule has 0 bridgehead atoms. The molecule has 0 aliphatic heterocycles. The molecular formula is C13H9F3O2. The van der Waals surface area contributed by atoms with Crippen molar-refractivity contribution in [3.05, 3.63) is 54.1 Å². The molecule has 94 valence electrons. The van der Waals surface area contributed by atoms with Crippen molar-refractivity contribution in [3.8, 4) is 17.2 Å². The minimum absolute atomic E-state index is 0.226. The van der Waals surface area contributed by atoms with Gasteiger partial charge in [-0.2, -0.15) is 13.2 Å². The molecule has 0 saturated carbocycles. The summed E-state index contributed by atoms with van der Waals surface area (Å²) in [7, 11) is 0. The van der Waals surface area contributed by atoms with Crippen molar-refractivity contribution in [2.75, 3.05) is 0 Å². The van der Waals surface area contributed by atoms with Crippen LogP contribution in [0.25, 0.3) is 0 Å². The fraction of sp³-hybridized carbons (Fsp3) is 0.0769. The van der Waals surface area contributed by atoms with Gasteiger partial charge in [0.2, 0.25) is 0 Å². The molecule has 0 aliphatic carbocycles. The summed E-state index contributed by atoms with van der Waals surface area (Å²) >= 11 is 0. The molecular weight excluding hydrogens is 245 g/mol. The van der Waals surface area contributed by atoms with Crippen LogP contribution >= 0.6 is 0 Å². The van der Waals surface area contributed by atoms with Gasteiger partial charge in [-0.15, -0.1) is 0 Å². The highest BCUT2D eigenvalue weighted by Crippen LogP contribution is 2.42. The lowest BCUT2D eigenvalue weighted by Crippen LogP contribution is -2.07. The summed E-state index contributed by atoms with van der Waals surface area (Å²) < 4.78 is 43.3. The van der Waals surface area contributed by atoms with Crippen LogP contribution in [0.3, 0.4) is 0 Å². The molecule has 2 nitrogen and oxygen atoms in total. The topological polar surface area (TPSA) is 29.5 Å². The SMILES string of the molecule is Oc1cccc(C(F)(F)F)c1Oc1ccccc1. The summed E-state index contributed by atoms with van der Waals surface area (Å²) in [4.78, 5) is 0. The lowest BCUT2D eigenvalue weighted by atomic mass is 10.2. The van der Waals surface area contributed by atoms with Crippen molar-refractivity contribution in [1.82, 2.24) is 0 Å². The highest BCUT2D eigenvalue weighted by Gasteiger charge is 2.35.